The molecule has 2 atom stereocenters. The van der Waals surface area contributed by atoms with Crippen molar-refractivity contribution >= 4 is 11.6 Å². The summed E-state index contributed by atoms with van der Waals surface area (Å²) in [5.41, 5.74) is 0. The van der Waals surface area contributed by atoms with Crippen LogP contribution in [0.5, 0.6) is 5.75 Å². The third kappa shape index (κ3) is 3.61. The lowest BCUT2D eigenvalue weighted by Crippen LogP contribution is -2.31. The number of nitrogens with one attached hydrogen (secondary N) is 1. The minimum atomic E-state index is -0.814. The lowest BCUT2D eigenvalue weighted by molar-refractivity contribution is 0.109. The van der Waals surface area contributed by atoms with E-state index < -0.39 is 11.6 Å². The molecule has 1 heterocycles. The Kier molecular flexibility index (Phi) is 5.22. The monoisotopic (exact) mass is 303 g/mol. The summed E-state index contributed by atoms with van der Waals surface area (Å²) in [4.78, 5) is 0. The fraction of sp³-hybridized carbons (Fsp3) is 0.600. The maximum atomic E-state index is 13.9. The second-order valence-corrected chi connectivity index (χ2v) is 6.12. The van der Waals surface area contributed by atoms with Crippen LogP contribution in [0.15, 0.2) is 12.1 Å². The molecule has 2 nitrogen and oxygen atoms in total. The molecule has 1 N–H and O–H groups in total. The first-order valence-electron chi connectivity index (χ1n) is 7.00. The maximum Gasteiger partial charge on any atom is 0.192 e. The summed E-state index contributed by atoms with van der Waals surface area (Å²) in [5.74, 6) is -1.20. The van der Waals surface area contributed by atoms with E-state index in [2.05, 4.69) is 19.2 Å². The van der Waals surface area contributed by atoms with Gasteiger partial charge < -0.3 is 10.1 Å². The molecule has 1 aliphatic heterocycles. The highest BCUT2D eigenvalue weighted by atomic mass is 35.5. The molecule has 112 valence electrons. The molecule has 2 unspecified atom stereocenters. The molecule has 0 amide bonds. The highest BCUT2D eigenvalue weighted by Crippen LogP contribution is 2.32. The SMILES string of the molecule is CC(C)CC(Oc1c(F)ccc(Cl)c1F)C1CCNC1. The molecule has 0 aliphatic carbocycles. The van der Waals surface area contributed by atoms with Gasteiger partial charge in [-0.3, -0.25) is 0 Å². The van der Waals surface area contributed by atoms with Crippen LogP contribution >= 0.6 is 11.6 Å². The minimum Gasteiger partial charge on any atom is -0.484 e. The van der Waals surface area contributed by atoms with Crippen LogP contribution in [0.3, 0.4) is 0 Å². The van der Waals surface area contributed by atoms with Crippen molar-refractivity contribution in [2.75, 3.05) is 13.1 Å². The quantitative estimate of drug-likeness (QED) is 0.830. The molecular weight excluding hydrogens is 284 g/mol. The largest absolute Gasteiger partial charge is 0.484 e. The van der Waals surface area contributed by atoms with Crippen LogP contribution in [0, 0.1) is 23.5 Å². The van der Waals surface area contributed by atoms with Gasteiger partial charge in [-0.15, -0.1) is 0 Å². The van der Waals surface area contributed by atoms with E-state index >= 15 is 0 Å². The van der Waals surface area contributed by atoms with Gasteiger partial charge in [-0.25, -0.2) is 8.78 Å². The summed E-state index contributed by atoms with van der Waals surface area (Å²) in [5, 5.41) is 3.14. The Hall–Kier alpha value is -0.870. The smallest absolute Gasteiger partial charge is 0.192 e. The minimum absolute atomic E-state index is 0.116. The molecule has 0 spiro atoms. The lowest BCUT2D eigenvalue weighted by Gasteiger charge is -2.26. The molecule has 0 bridgehead atoms. The third-order valence-corrected chi connectivity index (χ3v) is 3.89. The second kappa shape index (κ2) is 6.72. The average molecular weight is 304 g/mol. The van der Waals surface area contributed by atoms with E-state index in [1.54, 1.807) is 0 Å². The highest BCUT2D eigenvalue weighted by Gasteiger charge is 2.29. The first-order valence-corrected chi connectivity index (χ1v) is 7.37. The van der Waals surface area contributed by atoms with E-state index in [9.17, 15) is 8.78 Å². The van der Waals surface area contributed by atoms with Gasteiger partial charge in [0.15, 0.2) is 17.4 Å². The molecule has 5 heteroatoms. The van der Waals surface area contributed by atoms with Gasteiger partial charge in [0, 0.05) is 12.5 Å². The van der Waals surface area contributed by atoms with Crippen molar-refractivity contribution < 1.29 is 13.5 Å². The molecule has 1 aliphatic rings. The predicted molar refractivity (Wildman–Crippen MR) is 76.2 cm³/mol. The molecule has 1 fully saturated rings. The predicted octanol–water partition coefficient (Wildman–Crippen LogP) is 4.02. The summed E-state index contributed by atoms with van der Waals surface area (Å²) in [6.07, 6.45) is 1.52. The molecule has 20 heavy (non-hydrogen) atoms. The van der Waals surface area contributed by atoms with Crippen LogP contribution in [0.2, 0.25) is 5.02 Å². The van der Waals surface area contributed by atoms with Gasteiger partial charge in [0.25, 0.3) is 0 Å². The van der Waals surface area contributed by atoms with E-state index in [1.165, 1.54) is 6.07 Å². The molecule has 1 saturated heterocycles. The van der Waals surface area contributed by atoms with Gasteiger partial charge in [0.2, 0.25) is 0 Å². The van der Waals surface area contributed by atoms with Crippen LogP contribution in [0.25, 0.3) is 0 Å². The van der Waals surface area contributed by atoms with Gasteiger partial charge >= 0.3 is 0 Å². The fourth-order valence-corrected chi connectivity index (χ4v) is 2.71. The van der Waals surface area contributed by atoms with Gasteiger partial charge in [-0.2, -0.15) is 0 Å². The first-order chi connectivity index (χ1) is 9.49. The Morgan fingerprint density at radius 2 is 2.15 bits per heavy atom. The van der Waals surface area contributed by atoms with Crippen molar-refractivity contribution in [1.82, 2.24) is 5.32 Å². The highest BCUT2D eigenvalue weighted by molar-refractivity contribution is 6.30. The van der Waals surface area contributed by atoms with E-state index in [1.807, 2.05) is 0 Å². The topological polar surface area (TPSA) is 21.3 Å². The molecule has 0 aromatic heterocycles. The summed E-state index contributed by atoms with van der Waals surface area (Å²) in [6, 6.07) is 2.34. The third-order valence-electron chi connectivity index (χ3n) is 3.60. The normalized spacial score (nSPS) is 20.4. The zero-order chi connectivity index (χ0) is 14.7. The Morgan fingerprint density at radius 1 is 1.40 bits per heavy atom. The number of halogens is 3. The first kappa shape index (κ1) is 15.5. The van der Waals surface area contributed by atoms with Gasteiger partial charge in [-0.05, 0) is 37.4 Å². The van der Waals surface area contributed by atoms with Crippen molar-refractivity contribution in [2.24, 2.45) is 11.8 Å². The summed E-state index contributed by atoms with van der Waals surface area (Å²) in [7, 11) is 0. The zero-order valence-electron chi connectivity index (χ0n) is 11.8. The number of ether oxygens (including phenoxy) is 1. The van der Waals surface area contributed by atoms with Crippen LogP contribution in [0.1, 0.15) is 26.7 Å². The Labute approximate surface area is 123 Å². The molecule has 0 radical (unpaired) electrons. The standard InChI is InChI=1S/C15H20ClF2NO/c1-9(2)7-13(10-5-6-19-8-10)20-15-12(17)4-3-11(16)14(15)18/h3-4,9-10,13,19H,5-8H2,1-2H3. The molecule has 1 aromatic carbocycles. The Balaban J connectivity index is 2.20. The summed E-state index contributed by atoms with van der Waals surface area (Å²) >= 11 is 5.70. The number of hydrogen-bond acceptors (Lipinski definition) is 2. The van der Waals surface area contributed by atoms with E-state index in [0.717, 1.165) is 32.0 Å². The van der Waals surface area contributed by atoms with Crippen molar-refractivity contribution in [3.8, 4) is 5.75 Å². The average Bonchev–Trinajstić information content (AvgIpc) is 2.91. The number of hydrogen-bond donors (Lipinski definition) is 1. The molecule has 1 aromatic rings. The lowest BCUT2D eigenvalue weighted by atomic mass is 9.93. The molecule has 0 saturated carbocycles. The Morgan fingerprint density at radius 3 is 2.75 bits per heavy atom. The fourth-order valence-electron chi connectivity index (χ4n) is 2.56. The van der Waals surface area contributed by atoms with Crippen LogP contribution < -0.4 is 10.1 Å². The zero-order valence-corrected chi connectivity index (χ0v) is 12.5. The summed E-state index contributed by atoms with van der Waals surface area (Å²) < 4.78 is 33.4. The van der Waals surface area contributed by atoms with Gasteiger partial charge in [0.1, 0.15) is 6.10 Å². The molecular formula is C15H20ClF2NO. The van der Waals surface area contributed by atoms with Crippen molar-refractivity contribution in [1.29, 1.82) is 0 Å². The Bertz CT molecular complexity index is 461. The van der Waals surface area contributed by atoms with E-state index in [4.69, 9.17) is 16.3 Å². The molecule has 2 rings (SSSR count). The van der Waals surface area contributed by atoms with Crippen LogP contribution in [0.4, 0.5) is 8.78 Å². The van der Waals surface area contributed by atoms with E-state index in [-0.39, 0.29) is 22.8 Å². The van der Waals surface area contributed by atoms with Crippen molar-refractivity contribution in [2.45, 2.75) is 32.8 Å². The summed E-state index contributed by atoms with van der Waals surface area (Å²) in [6.45, 7) is 5.89. The second-order valence-electron chi connectivity index (χ2n) is 5.71. The van der Waals surface area contributed by atoms with Crippen LogP contribution in [-0.4, -0.2) is 19.2 Å². The number of rotatable bonds is 5. The van der Waals surface area contributed by atoms with Gasteiger partial charge in [0.05, 0.1) is 5.02 Å². The van der Waals surface area contributed by atoms with Crippen molar-refractivity contribution in [3.63, 3.8) is 0 Å². The van der Waals surface area contributed by atoms with E-state index in [0.29, 0.717) is 5.92 Å². The van der Waals surface area contributed by atoms with Crippen molar-refractivity contribution in [3.05, 3.63) is 28.8 Å². The number of benzene rings is 1. The van der Waals surface area contributed by atoms with Gasteiger partial charge in [-0.1, -0.05) is 25.4 Å². The maximum absolute atomic E-state index is 13.9. The van der Waals surface area contributed by atoms with Crippen LogP contribution in [-0.2, 0) is 0 Å².